The van der Waals surface area contributed by atoms with Gasteiger partial charge in [-0.1, -0.05) is 17.7 Å². The van der Waals surface area contributed by atoms with Gasteiger partial charge in [0.05, 0.1) is 5.69 Å². The number of rotatable bonds is 4. The molecule has 0 saturated carbocycles. The average Bonchev–Trinajstić information content (AvgIpc) is 3.16. The van der Waals surface area contributed by atoms with E-state index in [-0.39, 0.29) is 11.6 Å². The quantitative estimate of drug-likeness (QED) is 0.546. The number of aromatic nitrogens is 3. The molecule has 5 nitrogen and oxygen atoms in total. The highest BCUT2D eigenvalue weighted by Crippen LogP contribution is 2.22. The largest absolute Gasteiger partial charge is 0.319 e. The maximum absolute atomic E-state index is 13.3. The molecule has 0 saturated heterocycles. The van der Waals surface area contributed by atoms with Gasteiger partial charge in [0.2, 0.25) is 5.82 Å². The number of aryl methyl sites for hydroxylation is 1. The lowest BCUT2D eigenvalue weighted by Gasteiger charge is -2.05. The Hall–Kier alpha value is -3.87. The van der Waals surface area contributed by atoms with Crippen molar-refractivity contribution < 1.29 is 13.6 Å². The van der Waals surface area contributed by atoms with Gasteiger partial charge in [0.15, 0.2) is 5.82 Å². The molecule has 0 spiro atoms. The number of carbonyl (C=O) groups is 1. The smallest absolute Gasteiger partial charge is 0.295 e. The Morgan fingerprint density at radius 2 is 1.45 bits per heavy atom. The van der Waals surface area contributed by atoms with Crippen molar-refractivity contribution in [1.29, 1.82) is 0 Å². The summed E-state index contributed by atoms with van der Waals surface area (Å²) < 4.78 is 28.1. The Kier molecular flexibility index (Phi) is 4.87. The van der Waals surface area contributed by atoms with Gasteiger partial charge in [-0.05, 0) is 67.6 Å². The molecule has 29 heavy (non-hydrogen) atoms. The van der Waals surface area contributed by atoms with E-state index in [1.807, 2.05) is 19.1 Å². The summed E-state index contributed by atoms with van der Waals surface area (Å²) in [5, 5.41) is 7.05. The molecule has 0 aliphatic carbocycles. The van der Waals surface area contributed by atoms with E-state index in [0.717, 1.165) is 5.56 Å². The molecule has 0 unspecified atom stereocenters. The third-order valence-corrected chi connectivity index (χ3v) is 4.29. The van der Waals surface area contributed by atoms with Gasteiger partial charge >= 0.3 is 0 Å². The summed E-state index contributed by atoms with van der Waals surface area (Å²) in [4.78, 5) is 17.0. The first-order valence-electron chi connectivity index (χ1n) is 8.86. The Morgan fingerprint density at radius 1 is 0.862 bits per heavy atom. The molecular weight excluding hydrogens is 374 g/mol. The van der Waals surface area contributed by atoms with Gasteiger partial charge in [-0.15, -0.1) is 5.10 Å². The summed E-state index contributed by atoms with van der Waals surface area (Å²) in [5.41, 5.74) is 2.77. The van der Waals surface area contributed by atoms with Crippen LogP contribution in [0.5, 0.6) is 0 Å². The Bertz CT molecular complexity index is 1090. The normalized spacial score (nSPS) is 10.7. The fourth-order valence-electron chi connectivity index (χ4n) is 2.78. The highest BCUT2D eigenvalue weighted by Gasteiger charge is 2.19. The van der Waals surface area contributed by atoms with Crippen molar-refractivity contribution in [3.8, 4) is 17.1 Å². The van der Waals surface area contributed by atoms with E-state index in [4.69, 9.17) is 0 Å². The van der Waals surface area contributed by atoms with E-state index < -0.39 is 11.7 Å². The number of halogens is 2. The molecule has 0 aliphatic heterocycles. The van der Waals surface area contributed by atoms with Crippen molar-refractivity contribution in [3.05, 3.63) is 95.8 Å². The molecule has 0 fully saturated rings. The summed E-state index contributed by atoms with van der Waals surface area (Å²) in [7, 11) is 0. The van der Waals surface area contributed by atoms with E-state index in [1.165, 1.54) is 41.1 Å². The lowest BCUT2D eigenvalue weighted by atomic mass is 10.2. The van der Waals surface area contributed by atoms with Crippen LogP contribution in [0.1, 0.15) is 16.2 Å². The zero-order valence-corrected chi connectivity index (χ0v) is 15.4. The van der Waals surface area contributed by atoms with Crippen molar-refractivity contribution in [1.82, 2.24) is 14.8 Å². The molecule has 0 bridgehead atoms. The van der Waals surface area contributed by atoms with Crippen LogP contribution >= 0.6 is 0 Å². The van der Waals surface area contributed by atoms with E-state index in [2.05, 4.69) is 15.4 Å². The lowest BCUT2D eigenvalue weighted by Crippen LogP contribution is -2.14. The van der Waals surface area contributed by atoms with Crippen molar-refractivity contribution in [2.45, 2.75) is 6.92 Å². The average molecular weight is 390 g/mol. The van der Waals surface area contributed by atoms with Crippen molar-refractivity contribution >= 4 is 11.6 Å². The molecule has 0 atom stereocenters. The number of carbonyl (C=O) groups excluding carboxylic acids is 1. The van der Waals surface area contributed by atoms with Gasteiger partial charge in [-0.25, -0.2) is 18.4 Å². The van der Waals surface area contributed by atoms with E-state index >= 15 is 0 Å². The summed E-state index contributed by atoms with van der Waals surface area (Å²) in [5.74, 6) is -0.994. The highest BCUT2D eigenvalue weighted by molar-refractivity contribution is 6.01. The maximum atomic E-state index is 13.3. The molecule has 0 aliphatic rings. The van der Waals surface area contributed by atoms with Crippen LogP contribution in [0.2, 0.25) is 0 Å². The zero-order valence-electron chi connectivity index (χ0n) is 15.4. The van der Waals surface area contributed by atoms with Gasteiger partial charge in [0.25, 0.3) is 5.91 Å². The SMILES string of the molecule is Cc1ccc(NC(=O)c2nc(-c3ccc(F)cc3)n(-c3ccc(F)cc3)n2)cc1. The number of hydrogen-bond donors (Lipinski definition) is 1. The molecule has 4 aromatic rings. The number of benzene rings is 3. The zero-order chi connectivity index (χ0) is 20.4. The Morgan fingerprint density at radius 3 is 2.07 bits per heavy atom. The van der Waals surface area contributed by atoms with Gasteiger partial charge in [0.1, 0.15) is 11.6 Å². The fourth-order valence-corrected chi connectivity index (χ4v) is 2.78. The van der Waals surface area contributed by atoms with E-state index in [9.17, 15) is 13.6 Å². The monoisotopic (exact) mass is 390 g/mol. The number of anilines is 1. The van der Waals surface area contributed by atoms with Crippen LogP contribution in [0.3, 0.4) is 0 Å². The highest BCUT2D eigenvalue weighted by atomic mass is 19.1. The third kappa shape index (κ3) is 4.03. The molecule has 1 heterocycles. The molecule has 0 radical (unpaired) electrons. The summed E-state index contributed by atoms with van der Waals surface area (Å²) in [6.07, 6.45) is 0. The predicted octanol–water partition coefficient (Wildman–Crippen LogP) is 4.77. The predicted molar refractivity (Wildman–Crippen MR) is 106 cm³/mol. The van der Waals surface area contributed by atoms with Crippen LogP contribution in [0, 0.1) is 18.6 Å². The fraction of sp³-hybridized carbons (Fsp3) is 0.0455. The van der Waals surface area contributed by atoms with Gasteiger partial charge in [-0.3, -0.25) is 4.79 Å². The van der Waals surface area contributed by atoms with Crippen LogP contribution in [-0.4, -0.2) is 20.7 Å². The van der Waals surface area contributed by atoms with Gasteiger partial charge in [0, 0.05) is 11.3 Å². The number of amides is 1. The van der Waals surface area contributed by atoms with Crippen molar-refractivity contribution in [3.63, 3.8) is 0 Å². The van der Waals surface area contributed by atoms with Gasteiger partial charge in [-0.2, -0.15) is 0 Å². The topological polar surface area (TPSA) is 59.8 Å². The molecule has 1 N–H and O–H groups in total. The Labute approximate surface area is 165 Å². The molecule has 3 aromatic carbocycles. The van der Waals surface area contributed by atoms with E-state index in [0.29, 0.717) is 22.8 Å². The maximum Gasteiger partial charge on any atom is 0.295 e. The second-order valence-corrected chi connectivity index (χ2v) is 6.47. The molecule has 4 rings (SSSR count). The minimum Gasteiger partial charge on any atom is -0.319 e. The minimum atomic E-state index is -0.488. The number of hydrogen-bond acceptors (Lipinski definition) is 3. The van der Waals surface area contributed by atoms with Crippen molar-refractivity contribution in [2.24, 2.45) is 0 Å². The standard InChI is InChI=1S/C22H16F2N4O/c1-14-2-10-18(11-3-14)25-22(29)20-26-21(15-4-6-16(23)7-5-15)28(27-20)19-12-8-17(24)9-13-19/h2-13H,1H3,(H,25,29). The summed E-state index contributed by atoms with van der Waals surface area (Å²) in [6.45, 7) is 1.95. The first-order chi connectivity index (χ1) is 14.0. The second-order valence-electron chi connectivity index (χ2n) is 6.47. The van der Waals surface area contributed by atoms with E-state index in [1.54, 1.807) is 24.3 Å². The molecule has 1 amide bonds. The molecule has 144 valence electrons. The van der Waals surface area contributed by atoms with Crippen LogP contribution in [0.15, 0.2) is 72.8 Å². The number of nitrogens with one attached hydrogen (secondary N) is 1. The third-order valence-electron chi connectivity index (χ3n) is 4.29. The summed E-state index contributed by atoms with van der Waals surface area (Å²) >= 11 is 0. The molecule has 7 heteroatoms. The van der Waals surface area contributed by atoms with Crippen LogP contribution in [-0.2, 0) is 0 Å². The Balaban J connectivity index is 1.74. The minimum absolute atomic E-state index is 0.0609. The van der Waals surface area contributed by atoms with Crippen LogP contribution < -0.4 is 5.32 Å². The lowest BCUT2D eigenvalue weighted by molar-refractivity contribution is 0.101. The first kappa shape index (κ1) is 18.5. The summed E-state index contributed by atoms with van der Waals surface area (Å²) in [6, 6.07) is 18.6. The van der Waals surface area contributed by atoms with Gasteiger partial charge < -0.3 is 5.32 Å². The molecule has 1 aromatic heterocycles. The van der Waals surface area contributed by atoms with Crippen molar-refractivity contribution in [2.75, 3.05) is 5.32 Å². The molecular formula is C22H16F2N4O. The van der Waals surface area contributed by atoms with Crippen LogP contribution in [0.4, 0.5) is 14.5 Å². The first-order valence-corrected chi connectivity index (χ1v) is 8.86. The number of nitrogens with zero attached hydrogens (tertiary/aromatic N) is 3. The van der Waals surface area contributed by atoms with Crippen LogP contribution in [0.25, 0.3) is 17.1 Å². The second kappa shape index (κ2) is 7.63.